The first-order valence-electron chi connectivity index (χ1n) is 22.3. The summed E-state index contributed by atoms with van der Waals surface area (Å²) in [5.41, 5.74) is 5.48. The molecule has 5 heterocycles. The summed E-state index contributed by atoms with van der Waals surface area (Å²) >= 11 is 0. The van der Waals surface area contributed by atoms with Crippen molar-refractivity contribution in [3.05, 3.63) is 119 Å². The maximum absolute atomic E-state index is 13.4. The number of aromatic nitrogens is 1. The normalized spacial score (nSPS) is 18.8. The molecule has 0 bridgehead atoms. The van der Waals surface area contributed by atoms with Crippen LogP contribution in [0.2, 0.25) is 0 Å². The number of piperidine rings is 2. The number of hydrogen-bond donors (Lipinski definition) is 2. The van der Waals surface area contributed by atoms with Crippen LogP contribution in [-0.2, 0) is 22.7 Å². The Morgan fingerprint density at radius 3 is 2.21 bits per heavy atom. The molecule has 0 spiro atoms. The van der Waals surface area contributed by atoms with Gasteiger partial charge in [-0.3, -0.25) is 44.0 Å². The summed E-state index contributed by atoms with van der Waals surface area (Å²) in [6.07, 6.45) is 0.0989. The molecule has 9 rings (SSSR count). The fourth-order valence-electron chi connectivity index (χ4n) is 9.64. The summed E-state index contributed by atoms with van der Waals surface area (Å²) < 4.78 is 58.3. The zero-order chi connectivity index (χ0) is 46.1. The molecule has 3 fully saturated rings. The van der Waals surface area contributed by atoms with E-state index < -0.39 is 41.9 Å². The van der Waals surface area contributed by atoms with Crippen LogP contribution in [0.25, 0.3) is 22.0 Å². The lowest BCUT2D eigenvalue weighted by Gasteiger charge is -2.39. The molecule has 0 radical (unpaired) electrons. The minimum absolute atomic E-state index is 0.0703. The van der Waals surface area contributed by atoms with Crippen molar-refractivity contribution in [1.82, 2.24) is 29.9 Å². The number of benzene rings is 4. The Morgan fingerprint density at radius 1 is 0.773 bits per heavy atom. The van der Waals surface area contributed by atoms with E-state index in [2.05, 4.69) is 52.8 Å². The van der Waals surface area contributed by atoms with E-state index in [0.717, 1.165) is 103 Å². The SMILES string of the molecule is O=C1CCC(N2C(=O)c3ccc(N4CCN(CC5CCN(Cc6ccc7c(c6)c(-c6ccc(OC(F)(F)F)cc6)cn7CCCNC(=O)c6ccc(F)cc6)CC5)CC4)cc3C2=O)C(=O)N1. The molecule has 3 saturated heterocycles. The van der Waals surface area contributed by atoms with Crippen molar-refractivity contribution in [2.45, 2.75) is 57.6 Å². The summed E-state index contributed by atoms with van der Waals surface area (Å²) in [6, 6.07) is 21.9. The first kappa shape index (κ1) is 44.6. The van der Waals surface area contributed by atoms with Crippen molar-refractivity contribution in [2.24, 2.45) is 5.92 Å². The number of fused-ring (bicyclic) bond motifs is 2. The van der Waals surface area contributed by atoms with Crippen molar-refractivity contribution in [3.8, 4) is 16.9 Å². The highest BCUT2D eigenvalue weighted by Crippen LogP contribution is 2.35. The summed E-state index contributed by atoms with van der Waals surface area (Å²) in [7, 11) is 0. The van der Waals surface area contributed by atoms with E-state index in [1.165, 1.54) is 36.4 Å². The highest BCUT2D eigenvalue weighted by molar-refractivity contribution is 6.23. The van der Waals surface area contributed by atoms with E-state index in [9.17, 15) is 41.5 Å². The van der Waals surface area contributed by atoms with Crippen molar-refractivity contribution in [3.63, 3.8) is 0 Å². The number of rotatable bonds is 13. The van der Waals surface area contributed by atoms with Gasteiger partial charge in [0.25, 0.3) is 17.7 Å². The number of halogens is 4. The molecule has 5 aromatic rings. The highest BCUT2D eigenvalue weighted by atomic mass is 19.4. The van der Waals surface area contributed by atoms with Gasteiger partial charge in [0.15, 0.2) is 0 Å². The number of amides is 5. The Hall–Kier alpha value is -6.59. The van der Waals surface area contributed by atoms with Crippen LogP contribution in [0.3, 0.4) is 0 Å². The number of ether oxygens (including phenoxy) is 1. The molecule has 2 N–H and O–H groups in total. The van der Waals surface area contributed by atoms with E-state index in [0.29, 0.717) is 31.0 Å². The zero-order valence-corrected chi connectivity index (χ0v) is 36.1. The Kier molecular flexibility index (Phi) is 12.7. The molecule has 1 atom stereocenters. The summed E-state index contributed by atoms with van der Waals surface area (Å²) in [5.74, 6) is -2.52. The van der Waals surface area contributed by atoms with Crippen molar-refractivity contribution in [2.75, 3.05) is 57.3 Å². The van der Waals surface area contributed by atoms with Gasteiger partial charge in [0.2, 0.25) is 11.8 Å². The van der Waals surface area contributed by atoms with Crippen LogP contribution in [0, 0.1) is 11.7 Å². The molecule has 1 unspecified atom stereocenters. The molecular weight excluding hydrogens is 859 g/mol. The molecule has 4 aliphatic heterocycles. The minimum atomic E-state index is -4.80. The van der Waals surface area contributed by atoms with Crippen LogP contribution in [0.1, 0.15) is 68.7 Å². The molecule has 0 saturated carbocycles. The number of alkyl halides is 3. The topological polar surface area (TPSA) is 137 Å². The number of carbonyl (C=O) groups is 5. The third-order valence-corrected chi connectivity index (χ3v) is 13.1. The van der Waals surface area contributed by atoms with Gasteiger partial charge in [-0.2, -0.15) is 0 Å². The second-order valence-electron chi connectivity index (χ2n) is 17.5. The number of likely N-dealkylation sites (tertiary alicyclic amines) is 1. The van der Waals surface area contributed by atoms with Gasteiger partial charge in [0, 0.05) is 92.7 Å². The highest BCUT2D eigenvalue weighted by Gasteiger charge is 2.45. The van der Waals surface area contributed by atoms with Crippen LogP contribution < -0.4 is 20.3 Å². The summed E-state index contributed by atoms with van der Waals surface area (Å²) in [4.78, 5) is 71.4. The average Bonchev–Trinajstić information content (AvgIpc) is 3.78. The third kappa shape index (κ3) is 9.82. The Bertz CT molecular complexity index is 2650. The van der Waals surface area contributed by atoms with Crippen LogP contribution >= 0.6 is 0 Å². The zero-order valence-electron chi connectivity index (χ0n) is 36.1. The van der Waals surface area contributed by atoms with Gasteiger partial charge in [-0.05, 0) is 123 Å². The van der Waals surface area contributed by atoms with Crippen molar-refractivity contribution < 1.29 is 46.3 Å². The second kappa shape index (κ2) is 18.7. The predicted molar refractivity (Wildman–Crippen MR) is 237 cm³/mol. The fraction of sp³-hybridized carbons (Fsp3) is 0.367. The number of nitrogens with one attached hydrogen (secondary N) is 2. The number of anilines is 1. The molecule has 4 aromatic carbocycles. The molecule has 0 aliphatic carbocycles. The van der Waals surface area contributed by atoms with Crippen molar-refractivity contribution >= 4 is 46.1 Å². The fourth-order valence-corrected chi connectivity index (χ4v) is 9.64. The molecule has 17 heteroatoms. The van der Waals surface area contributed by atoms with E-state index in [1.807, 2.05) is 12.3 Å². The van der Waals surface area contributed by atoms with E-state index >= 15 is 0 Å². The van der Waals surface area contributed by atoms with Gasteiger partial charge < -0.3 is 19.5 Å². The van der Waals surface area contributed by atoms with E-state index in [-0.39, 0.29) is 35.6 Å². The second-order valence-corrected chi connectivity index (χ2v) is 17.5. The first-order chi connectivity index (χ1) is 31.8. The first-order valence-corrected chi connectivity index (χ1v) is 22.3. The molecule has 5 amide bonds. The summed E-state index contributed by atoms with van der Waals surface area (Å²) in [6.45, 7) is 7.83. The molecule has 13 nitrogen and oxygen atoms in total. The number of hydrogen-bond acceptors (Lipinski definition) is 9. The lowest BCUT2D eigenvalue weighted by atomic mass is 9.95. The van der Waals surface area contributed by atoms with Gasteiger partial charge in [0.05, 0.1) is 11.1 Å². The van der Waals surface area contributed by atoms with Gasteiger partial charge >= 0.3 is 6.36 Å². The van der Waals surface area contributed by atoms with Gasteiger partial charge in [0.1, 0.15) is 17.6 Å². The van der Waals surface area contributed by atoms with E-state index in [4.69, 9.17) is 0 Å². The number of nitrogens with zero attached hydrogens (tertiary/aromatic N) is 5. The van der Waals surface area contributed by atoms with Crippen LogP contribution in [0.15, 0.2) is 91.1 Å². The number of piperazine rings is 1. The molecule has 4 aliphatic rings. The van der Waals surface area contributed by atoms with Crippen LogP contribution in [0.4, 0.5) is 23.2 Å². The lowest BCUT2D eigenvalue weighted by molar-refractivity contribution is -0.274. The smallest absolute Gasteiger partial charge is 0.406 e. The third-order valence-electron chi connectivity index (χ3n) is 13.1. The monoisotopic (exact) mass is 907 g/mol. The molecule has 344 valence electrons. The number of carbonyl (C=O) groups excluding carboxylic acids is 5. The van der Waals surface area contributed by atoms with E-state index in [1.54, 1.807) is 24.3 Å². The van der Waals surface area contributed by atoms with Crippen molar-refractivity contribution in [1.29, 1.82) is 0 Å². The van der Waals surface area contributed by atoms with Crippen LogP contribution in [-0.4, -0.2) is 114 Å². The van der Waals surface area contributed by atoms with Gasteiger partial charge in [-0.25, -0.2) is 4.39 Å². The van der Waals surface area contributed by atoms with Crippen LogP contribution in [0.5, 0.6) is 5.75 Å². The standard InChI is InChI=1S/C49H49F4N7O6/c50-35-7-3-34(4-8-35)45(62)54-18-1-19-59-30-41(33-5-10-37(11-6-33)66-49(51,52)53)39-26-32(2-13-42(39)59)29-56-20-16-31(17-21-56)28-57-22-24-58(25-23-57)36-9-12-38-40(27-36)48(65)60(47(38)64)43-14-15-44(61)55-46(43)63/h2-13,26-27,30-31,43H,1,14-25,28-29H2,(H,54,62)(H,55,61,63). The predicted octanol–water partition coefficient (Wildman–Crippen LogP) is 6.60. The molecule has 66 heavy (non-hydrogen) atoms. The Morgan fingerprint density at radius 2 is 1.50 bits per heavy atom. The molecule has 1 aromatic heterocycles. The number of imide groups is 2. The number of aryl methyl sites for hydroxylation is 1. The lowest BCUT2D eigenvalue weighted by Crippen LogP contribution is -2.54. The average molecular weight is 908 g/mol. The Balaban J connectivity index is 0.789. The quantitative estimate of drug-likeness (QED) is 0.0761. The van der Waals surface area contributed by atoms with Gasteiger partial charge in [-0.15, -0.1) is 13.2 Å². The van der Waals surface area contributed by atoms with Gasteiger partial charge in [-0.1, -0.05) is 18.2 Å². The molecular formula is C49H49F4N7O6. The minimum Gasteiger partial charge on any atom is -0.406 e. The summed E-state index contributed by atoms with van der Waals surface area (Å²) in [5, 5.41) is 6.09. The largest absolute Gasteiger partial charge is 0.573 e. The maximum Gasteiger partial charge on any atom is 0.573 e. The maximum atomic E-state index is 13.4. The Labute approximate surface area is 378 Å².